The van der Waals surface area contributed by atoms with Crippen molar-refractivity contribution in [2.24, 2.45) is 0 Å². The van der Waals surface area contributed by atoms with Crippen molar-refractivity contribution in [3.05, 3.63) is 47.8 Å². The fourth-order valence-corrected chi connectivity index (χ4v) is 4.11. The Bertz CT molecular complexity index is 1110. The predicted octanol–water partition coefficient (Wildman–Crippen LogP) is 4.12. The van der Waals surface area contributed by atoms with Gasteiger partial charge in [-0.15, -0.1) is 10.2 Å². The molecule has 33 heavy (non-hydrogen) atoms. The standard InChI is InChI=1S/C23H26FN3O5S/c1-29-11-5-10-27-22(15-6-8-20(31-3)21(12-15)32-4)25-26-23(27)33-14-18(28)17-13-16(24)7-9-19(17)30-2/h6-9,12-13H,5,10-11,14H2,1-4H3. The van der Waals surface area contributed by atoms with Gasteiger partial charge >= 0.3 is 0 Å². The minimum absolute atomic E-state index is 0.0498. The summed E-state index contributed by atoms with van der Waals surface area (Å²) in [5, 5.41) is 9.22. The highest BCUT2D eigenvalue weighted by molar-refractivity contribution is 7.99. The largest absolute Gasteiger partial charge is 0.496 e. The van der Waals surface area contributed by atoms with Gasteiger partial charge in [0.05, 0.1) is 32.6 Å². The number of ketones is 1. The summed E-state index contributed by atoms with van der Waals surface area (Å²) in [6.45, 7) is 1.15. The third-order valence-electron chi connectivity index (χ3n) is 4.88. The zero-order valence-electron chi connectivity index (χ0n) is 19.0. The predicted molar refractivity (Wildman–Crippen MR) is 123 cm³/mol. The Balaban J connectivity index is 1.87. The first-order valence-electron chi connectivity index (χ1n) is 10.2. The van der Waals surface area contributed by atoms with Crippen molar-refractivity contribution in [2.75, 3.05) is 40.8 Å². The number of methoxy groups -OCH3 is 4. The Morgan fingerprint density at radius 1 is 0.970 bits per heavy atom. The van der Waals surface area contributed by atoms with Gasteiger partial charge in [-0.25, -0.2) is 4.39 Å². The van der Waals surface area contributed by atoms with Gasteiger partial charge in [-0.05, 0) is 42.8 Å². The summed E-state index contributed by atoms with van der Waals surface area (Å²) in [6, 6.07) is 9.37. The van der Waals surface area contributed by atoms with Gasteiger partial charge in [-0.1, -0.05) is 11.8 Å². The molecule has 2 aromatic carbocycles. The molecule has 0 spiro atoms. The first-order chi connectivity index (χ1) is 16.0. The van der Waals surface area contributed by atoms with Crippen LogP contribution in [0, 0.1) is 5.82 Å². The van der Waals surface area contributed by atoms with Crippen molar-refractivity contribution >= 4 is 17.5 Å². The molecule has 0 saturated heterocycles. The van der Waals surface area contributed by atoms with E-state index in [2.05, 4.69) is 10.2 Å². The molecule has 0 aliphatic rings. The van der Waals surface area contributed by atoms with Crippen LogP contribution < -0.4 is 14.2 Å². The fourth-order valence-electron chi connectivity index (χ4n) is 3.26. The summed E-state index contributed by atoms with van der Waals surface area (Å²) in [4.78, 5) is 12.8. The summed E-state index contributed by atoms with van der Waals surface area (Å²) in [5.41, 5.74) is 0.984. The number of nitrogens with zero attached hydrogens (tertiary/aromatic N) is 3. The van der Waals surface area contributed by atoms with Gasteiger partial charge in [-0.2, -0.15) is 0 Å². The molecule has 0 fully saturated rings. The second-order valence-electron chi connectivity index (χ2n) is 6.93. The number of hydrogen-bond acceptors (Lipinski definition) is 8. The number of rotatable bonds is 12. The van der Waals surface area contributed by atoms with Crippen molar-refractivity contribution in [3.8, 4) is 28.6 Å². The van der Waals surface area contributed by atoms with Crippen LogP contribution in [-0.4, -0.2) is 61.3 Å². The Labute approximate surface area is 196 Å². The third kappa shape index (κ3) is 5.82. The lowest BCUT2D eigenvalue weighted by molar-refractivity contribution is 0.101. The van der Waals surface area contributed by atoms with Crippen LogP contribution in [0.15, 0.2) is 41.6 Å². The summed E-state index contributed by atoms with van der Waals surface area (Å²) in [7, 11) is 6.23. The van der Waals surface area contributed by atoms with Crippen LogP contribution in [0.2, 0.25) is 0 Å². The van der Waals surface area contributed by atoms with Crippen LogP contribution >= 0.6 is 11.8 Å². The highest BCUT2D eigenvalue weighted by atomic mass is 32.2. The average molecular weight is 476 g/mol. The second-order valence-corrected chi connectivity index (χ2v) is 7.87. The van der Waals surface area contributed by atoms with Gasteiger partial charge in [-0.3, -0.25) is 4.79 Å². The highest BCUT2D eigenvalue weighted by Gasteiger charge is 2.19. The summed E-state index contributed by atoms with van der Waals surface area (Å²) < 4.78 is 36.7. The van der Waals surface area contributed by atoms with Crippen molar-refractivity contribution in [1.82, 2.24) is 14.8 Å². The van der Waals surface area contributed by atoms with Gasteiger partial charge in [0.2, 0.25) is 0 Å². The van der Waals surface area contributed by atoms with Crippen LogP contribution in [0.1, 0.15) is 16.8 Å². The van der Waals surface area contributed by atoms with E-state index >= 15 is 0 Å². The van der Waals surface area contributed by atoms with Gasteiger partial charge in [0.1, 0.15) is 11.6 Å². The van der Waals surface area contributed by atoms with E-state index in [1.807, 2.05) is 16.7 Å². The van der Waals surface area contributed by atoms with Gasteiger partial charge in [0.15, 0.2) is 28.3 Å². The first-order valence-corrected chi connectivity index (χ1v) is 11.1. The summed E-state index contributed by atoms with van der Waals surface area (Å²) in [6.07, 6.45) is 0.730. The molecule has 1 heterocycles. The number of Topliss-reactive ketones (excluding diaryl/α,β-unsaturated/α-hetero) is 1. The van der Waals surface area contributed by atoms with E-state index in [9.17, 15) is 9.18 Å². The number of halogens is 1. The van der Waals surface area contributed by atoms with Crippen LogP contribution in [0.5, 0.6) is 17.2 Å². The summed E-state index contributed by atoms with van der Waals surface area (Å²) >= 11 is 1.23. The molecule has 0 aliphatic carbocycles. The van der Waals surface area contributed by atoms with Crippen molar-refractivity contribution in [2.45, 2.75) is 18.1 Å². The van der Waals surface area contributed by atoms with Crippen LogP contribution in [-0.2, 0) is 11.3 Å². The quantitative estimate of drug-likeness (QED) is 0.220. The Morgan fingerprint density at radius 3 is 2.39 bits per heavy atom. The third-order valence-corrected chi connectivity index (χ3v) is 5.85. The average Bonchev–Trinajstić information content (AvgIpc) is 3.24. The number of carbonyl (C=O) groups excluding carboxylic acids is 1. The molecule has 3 rings (SSSR count). The molecular weight excluding hydrogens is 449 g/mol. The smallest absolute Gasteiger partial charge is 0.191 e. The lowest BCUT2D eigenvalue weighted by Crippen LogP contribution is -2.09. The normalized spacial score (nSPS) is 10.8. The van der Waals surface area contributed by atoms with Gasteiger partial charge in [0, 0.05) is 25.8 Å². The molecule has 8 nitrogen and oxygen atoms in total. The molecule has 0 N–H and O–H groups in total. The van der Waals surface area contributed by atoms with E-state index in [-0.39, 0.29) is 17.1 Å². The number of aromatic nitrogens is 3. The van der Waals surface area contributed by atoms with Crippen molar-refractivity contribution in [3.63, 3.8) is 0 Å². The topological polar surface area (TPSA) is 84.7 Å². The number of carbonyl (C=O) groups is 1. The monoisotopic (exact) mass is 475 g/mol. The summed E-state index contributed by atoms with van der Waals surface area (Å²) in [5.74, 6) is 1.42. The molecule has 176 valence electrons. The maximum Gasteiger partial charge on any atom is 0.191 e. The second kappa shape index (κ2) is 11.7. The zero-order valence-corrected chi connectivity index (χ0v) is 19.8. The Kier molecular flexibility index (Phi) is 8.67. The van der Waals surface area contributed by atoms with Gasteiger partial charge in [0.25, 0.3) is 0 Å². The lowest BCUT2D eigenvalue weighted by atomic mass is 10.1. The van der Waals surface area contributed by atoms with E-state index in [1.54, 1.807) is 27.4 Å². The highest BCUT2D eigenvalue weighted by Crippen LogP contribution is 2.33. The molecule has 0 aliphatic heterocycles. The van der Waals surface area contributed by atoms with Crippen LogP contribution in [0.3, 0.4) is 0 Å². The number of ether oxygens (including phenoxy) is 4. The van der Waals surface area contributed by atoms with E-state index < -0.39 is 5.82 Å². The Hall–Kier alpha value is -3.11. The fraction of sp³-hybridized carbons (Fsp3) is 0.348. The molecule has 0 unspecified atom stereocenters. The Morgan fingerprint density at radius 2 is 1.70 bits per heavy atom. The molecule has 3 aromatic rings. The molecular formula is C23H26FN3O5S. The molecule has 10 heteroatoms. The van der Waals surface area contributed by atoms with E-state index in [0.29, 0.717) is 41.4 Å². The lowest BCUT2D eigenvalue weighted by Gasteiger charge is -2.12. The zero-order chi connectivity index (χ0) is 23.8. The molecule has 0 atom stereocenters. The minimum atomic E-state index is -0.498. The minimum Gasteiger partial charge on any atom is -0.496 e. The van der Waals surface area contributed by atoms with E-state index in [4.69, 9.17) is 18.9 Å². The first kappa shape index (κ1) is 24.5. The number of hydrogen-bond donors (Lipinski definition) is 0. The number of thioether (sulfide) groups is 1. The molecule has 0 bridgehead atoms. The molecule has 0 amide bonds. The molecule has 0 saturated carbocycles. The van der Waals surface area contributed by atoms with Crippen molar-refractivity contribution in [1.29, 1.82) is 0 Å². The van der Waals surface area contributed by atoms with E-state index in [1.165, 1.54) is 37.1 Å². The molecule has 1 aromatic heterocycles. The molecule has 0 radical (unpaired) electrons. The van der Waals surface area contributed by atoms with Crippen molar-refractivity contribution < 1.29 is 28.1 Å². The van der Waals surface area contributed by atoms with Crippen LogP contribution in [0.25, 0.3) is 11.4 Å². The van der Waals surface area contributed by atoms with E-state index in [0.717, 1.165) is 12.0 Å². The maximum absolute atomic E-state index is 13.7. The number of benzene rings is 2. The van der Waals surface area contributed by atoms with Gasteiger partial charge < -0.3 is 23.5 Å². The van der Waals surface area contributed by atoms with Crippen LogP contribution in [0.4, 0.5) is 4.39 Å². The SMILES string of the molecule is COCCCn1c(SCC(=O)c2cc(F)ccc2OC)nnc1-c1ccc(OC)c(OC)c1. The maximum atomic E-state index is 13.7.